The van der Waals surface area contributed by atoms with E-state index < -0.39 is 0 Å². The molecule has 0 saturated heterocycles. The quantitative estimate of drug-likeness (QED) is 0.496. The van der Waals surface area contributed by atoms with Crippen LogP contribution in [-0.4, -0.2) is 19.7 Å². The molecule has 3 nitrogen and oxygen atoms in total. The molecule has 0 amide bonds. The smallest absolute Gasteiger partial charge is 0.188 e. The van der Waals surface area contributed by atoms with E-state index in [0.29, 0.717) is 5.78 Å². The molecule has 120 valence electrons. The van der Waals surface area contributed by atoms with Crippen LogP contribution in [0.3, 0.4) is 0 Å². The topological polar surface area (TPSA) is 35.5 Å². The minimum Gasteiger partial charge on any atom is -0.468 e. The molecular formula is C19H26O3. The molecule has 0 radical (unpaired) electrons. The van der Waals surface area contributed by atoms with E-state index >= 15 is 0 Å². The lowest BCUT2D eigenvalue weighted by Gasteiger charge is -2.27. The number of hydrogen-bond acceptors (Lipinski definition) is 3. The van der Waals surface area contributed by atoms with Crippen LogP contribution in [0, 0.1) is 5.41 Å². The maximum Gasteiger partial charge on any atom is 0.188 e. The van der Waals surface area contributed by atoms with E-state index in [0.717, 1.165) is 55.4 Å². The summed E-state index contributed by atoms with van der Waals surface area (Å²) in [4.78, 5) is 13.0. The van der Waals surface area contributed by atoms with Crippen molar-refractivity contribution in [3.63, 3.8) is 0 Å². The fraction of sp³-hybridized carbons (Fsp3) is 0.526. The zero-order valence-corrected chi connectivity index (χ0v) is 13.7. The first-order valence-electron chi connectivity index (χ1n) is 8.07. The van der Waals surface area contributed by atoms with Crippen LogP contribution in [-0.2, 0) is 11.2 Å². The van der Waals surface area contributed by atoms with Crippen LogP contribution in [0.2, 0.25) is 0 Å². The van der Waals surface area contributed by atoms with E-state index in [2.05, 4.69) is 13.5 Å². The maximum atomic E-state index is 13.0. The number of Topliss-reactive ketones (excluding diaryl/α,β-unsaturated/α-hetero) is 1. The molecule has 1 aromatic rings. The van der Waals surface area contributed by atoms with Gasteiger partial charge in [0, 0.05) is 18.1 Å². The Hall–Kier alpha value is -1.61. The zero-order valence-electron chi connectivity index (χ0n) is 13.7. The molecule has 0 bridgehead atoms. The highest BCUT2D eigenvalue weighted by atomic mass is 16.7. The molecule has 1 aliphatic carbocycles. The molecule has 0 saturated carbocycles. The van der Waals surface area contributed by atoms with Gasteiger partial charge in [0.1, 0.15) is 5.75 Å². The number of unbranched alkanes of at least 4 members (excludes halogenated alkanes) is 1. The lowest BCUT2D eigenvalue weighted by Crippen LogP contribution is -2.28. The summed E-state index contributed by atoms with van der Waals surface area (Å²) in [6.07, 6.45) is 7.66. The normalized spacial score (nSPS) is 20.0. The van der Waals surface area contributed by atoms with E-state index in [9.17, 15) is 4.79 Å². The predicted molar refractivity (Wildman–Crippen MR) is 88.4 cm³/mol. The number of allylic oxidation sites excluding steroid dienone is 1. The standard InChI is InChI=1S/C19H26O3/c1-4-6-10-19(11-7-5-2)13-15-12-16(22-14-21-3)8-9-17(15)18(19)20/h4,8-9,12H,1,5-7,10-11,13-14H2,2-3H3. The number of ketones is 1. The molecule has 1 aromatic carbocycles. The molecule has 22 heavy (non-hydrogen) atoms. The van der Waals surface area contributed by atoms with Crippen LogP contribution < -0.4 is 4.74 Å². The van der Waals surface area contributed by atoms with Crippen LogP contribution in [0.4, 0.5) is 0 Å². The van der Waals surface area contributed by atoms with Gasteiger partial charge < -0.3 is 9.47 Å². The van der Waals surface area contributed by atoms with Gasteiger partial charge in [0.25, 0.3) is 0 Å². The summed E-state index contributed by atoms with van der Waals surface area (Å²) in [6.45, 7) is 6.21. The highest BCUT2D eigenvalue weighted by Gasteiger charge is 2.44. The molecule has 2 rings (SSSR count). The second kappa shape index (κ2) is 7.59. The Morgan fingerprint density at radius 3 is 2.86 bits per heavy atom. The Labute approximate surface area is 133 Å². The third-order valence-corrected chi connectivity index (χ3v) is 4.51. The number of carbonyl (C=O) groups excluding carboxylic acids is 1. The molecule has 0 aliphatic heterocycles. The van der Waals surface area contributed by atoms with E-state index in [4.69, 9.17) is 9.47 Å². The minimum absolute atomic E-state index is 0.226. The van der Waals surface area contributed by atoms with E-state index in [1.54, 1.807) is 7.11 Å². The summed E-state index contributed by atoms with van der Waals surface area (Å²) in [5.74, 6) is 1.07. The monoisotopic (exact) mass is 302 g/mol. The summed E-state index contributed by atoms with van der Waals surface area (Å²) in [5.41, 5.74) is 1.73. The van der Waals surface area contributed by atoms with Gasteiger partial charge >= 0.3 is 0 Å². The number of fused-ring (bicyclic) bond motifs is 1. The van der Waals surface area contributed by atoms with Gasteiger partial charge in [-0.2, -0.15) is 0 Å². The maximum absolute atomic E-state index is 13.0. The van der Waals surface area contributed by atoms with Crippen molar-refractivity contribution in [2.24, 2.45) is 5.41 Å². The van der Waals surface area contributed by atoms with Gasteiger partial charge in [0.15, 0.2) is 12.6 Å². The average molecular weight is 302 g/mol. The van der Waals surface area contributed by atoms with E-state index in [1.165, 1.54) is 0 Å². The van der Waals surface area contributed by atoms with Crippen molar-refractivity contribution < 1.29 is 14.3 Å². The summed E-state index contributed by atoms with van der Waals surface area (Å²) in [5, 5.41) is 0. The summed E-state index contributed by atoms with van der Waals surface area (Å²) in [7, 11) is 1.60. The Balaban J connectivity index is 2.24. The Kier molecular flexibility index (Phi) is 5.78. The third kappa shape index (κ3) is 3.41. The van der Waals surface area contributed by atoms with Crippen LogP contribution in [0.1, 0.15) is 54.9 Å². The second-order valence-electron chi connectivity index (χ2n) is 6.09. The number of carbonyl (C=O) groups is 1. The summed E-state index contributed by atoms with van der Waals surface area (Å²) in [6, 6.07) is 5.76. The number of benzene rings is 1. The lowest BCUT2D eigenvalue weighted by molar-refractivity contribution is 0.0511. The van der Waals surface area contributed by atoms with Crippen molar-refractivity contribution in [3.05, 3.63) is 42.0 Å². The van der Waals surface area contributed by atoms with Crippen molar-refractivity contribution >= 4 is 5.78 Å². The highest BCUT2D eigenvalue weighted by Crippen LogP contribution is 2.45. The zero-order chi connectivity index (χ0) is 16.0. The predicted octanol–water partition coefficient (Wildman–Crippen LogP) is 4.55. The molecule has 0 N–H and O–H groups in total. The van der Waals surface area contributed by atoms with Crippen LogP contribution in [0.25, 0.3) is 0 Å². The number of methoxy groups -OCH3 is 1. The van der Waals surface area contributed by atoms with Gasteiger partial charge in [-0.15, -0.1) is 6.58 Å². The van der Waals surface area contributed by atoms with Crippen molar-refractivity contribution in [1.29, 1.82) is 0 Å². The van der Waals surface area contributed by atoms with Crippen LogP contribution in [0.5, 0.6) is 5.75 Å². The van der Waals surface area contributed by atoms with Crippen molar-refractivity contribution in [2.75, 3.05) is 13.9 Å². The second-order valence-corrected chi connectivity index (χ2v) is 6.09. The SMILES string of the molecule is C=CCCC1(CCCC)Cc2cc(OCOC)ccc2C1=O. The first-order valence-corrected chi connectivity index (χ1v) is 8.07. The van der Waals surface area contributed by atoms with Gasteiger partial charge in [-0.1, -0.05) is 25.8 Å². The van der Waals surface area contributed by atoms with Gasteiger partial charge in [-0.3, -0.25) is 4.79 Å². The molecule has 0 heterocycles. The molecular weight excluding hydrogens is 276 g/mol. The van der Waals surface area contributed by atoms with Crippen LogP contribution in [0.15, 0.2) is 30.9 Å². The fourth-order valence-corrected chi connectivity index (χ4v) is 3.31. The average Bonchev–Trinajstić information content (AvgIpc) is 2.81. The highest BCUT2D eigenvalue weighted by molar-refractivity contribution is 6.05. The van der Waals surface area contributed by atoms with Crippen LogP contribution >= 0.6 is 0 Å². The Bertz CT molecular complexity index is 535. The van der Waals surface area contributed by atoms with Crippen molar-refractivity contribution in [2.45, 2.75) is 45.4 Å². The largest absolute Gasteiger partial charge is 0.468 e. The van der Waals surface area contributed by atoms with Gasteiger partial charge in [-0.05, 0) is 49.4 Å². The molecule has 1 atom stereocenters. The molecule has 0 spiro atoms. The van der Waals surface area contributed by atoms with E-state index in [-0.39, 0.29) is 12.2 Å². The lowest BCUT2D eigenvalue weighted by atomic mass is 9.75. The summed E-state index contributed by atoms with van der Waals surface area (Å²) >= 11 is 0. The molecule has 0 fully saturated rings. The van der Waals surface area contributed by atoms with Gasteiger partial charge in [0.2, 0.25) is 0 Å². The first-order chi connectivity index (χ1) is 10.7. The number of rotatable bonds is 9. The Morgan fingerprint density at radius 1 is 1.36 bits per heavy atom. The number of hydrogen-bond donors (Lipinski definition) is 0. The first kappa shape index (κ1) is 16.8. The molecule has 1 aliphatic rings. The van der Waals surface area contributed by atoms with Crippen molar-refractivity contribution in [3.8, 4) is 5.75 Å². The Morgan fingerprint density at radius 2 is 2.18 bits per heavy atom. The van der Waals surface area contributed by atoms with Crippen molar-refractivity contribution in [1.82, 2.24) is 0 Å². The van der Waals surface area contributed by atoms with Gasteiger partial charge in [-0.25, -0.2) is 0 Å². The molecule has 0 aromatic heterocycles. The van der Waals surface area contributed by atoms with E-state index in [1.807, 2.05) is 24.3 Å². The fourth-order valence-electron chi connectivity index (χ4n) is 3.31. The minimum atomic E-state index is -0.244. The molecule has 3 heteroatoms. The summed E-state index contributed by atoms with van der Waals surface area (Å²) < 4.78 is 10.4. The molecule has 1 unspecified atom stereocenters. The van der Waals surface area contributed by atoms with Gasteiger partial charge in [0.05, 0.1) is 0 Å². The number of ether oxygens (including phenoxy) is 2. The third-order valence-electron chi connectivity index (χ3n) is 4.51.